The quantitative estimate of drug-likeness (QED) is 0.325. The zero-order valence-electron chi connectivity index (χ0n) is 17.7. The molecule has 0 N–H and O–H groups in total. The van der Waals surface area contributed by atoms with E-state index < -0.39 is 0 Å². The van der Waals surface area contributed by atoms with Crippen molar-refractivity contribution in [2.75, 3.05) is 13.7 Å². The predicted molar refractivity (Wildman–Crippen MR) is 123 cm³/mol. The summed E-state index contributed by atoms with van der Waals surface area (Å²) in [5.41, 5.74) is 3.13. The number of rotatable bonds is 10. The van der Waals surface area contributed by atoms with Gasteiger partial charge in [-0.05, 0) is 54.4 Å². The van der Waals surface area contributed by atoms with E-state index in [1.165, 1.54) is 0 Å². The topological polar surface area (TPSA) is 45.5 Å². The summed E-state index contributed by atoms with van der Waals surface area (Å²) in [6, 6.07) is 23.7. The molecular weight excluding hydrogens is 388 g/mol. The van der Waals surface area contributed by atoms with Gasteiger partial charge in [0, 0.05) is 0 Å². The molecule has 1 aromatic heterocycles. The molecule has 0 unspecified atom stereocenters. The van der Waals surface area contributed by atoms with Crippen molar-refractivity contribution in [3.05, 3.63) is 96.8 Å². The average molecular weight is 415 g/mol. The minimum atomic E-state index is 0.380. The number of allylic oxidation sites excluding steroid dienone is 1. The molecule has 0 amide bonds. The molecule has 0 aliphatic rings. The Hall–Kier alpha value is -3.73. The lowest BCUT2D eigenvalue weighted by molar-refractivity contribution is 0.271. The normalized spacial score (nSPS) is 10.7. The second-order valence-electron chi connectivity index (χ2n) is 7.08. The van der Waals surface area contributed by atoms with E-state index in [1.807, 2.05) is 66.7 Å². The van der Waals surface area contributed by atoms with Gasteiger partial charge in [-0.15, -0.1) is 6.58 Å². The number of hydrogen-bond donors (Lipinski definition) is 0. The van der Waals surface area contributed by atoms with E-state index in [2.05, 4.69) is 23.3 Å². The van der Waals surface area contributed by atoms with Crippen molar-refractivity contribution in [1.82, 2.24) is 9.55 Å². The zero-order valence-corrected chi connectivity index (χ0v) is 17.7. The van der Waals surface area contributed by atoms with Crippen LogP contribution in [0.25, 0.3) is 11.0 Å². The van der Waals surface area contributed by atoms with Crippen LogP contribution in [0.3, 0.4) is 0 Å². The van der Waals surface area contributed by atoms with Crippen molar-refractivity contribution >= 4 is 11.0 Å². The summed E-state index contributed by atoms with van der Waals surface area (Å²) < 4.78 is 19.4. The van der Waals surface area contributed by atoms with E-state index in [0.717, 1.165) is 46.1 Å². The molecule has 4 aromatic rings. The number of nitrogens with zero attached hydrogens (tertiary/aromatic N) is 2. The third-order valence-corrected chi connectivity index (χ3v) is 5.07. The molecule has 0 fully saturated rings. The Morgan fingerprint density at radius 3 is 2.45 bits per heavy atom. The number of para-hydroxylation sites is 3. The van der Waals surface area contributed by atoms with Gasteiger partial charge in [-0.2, -0.15) is 0 Å². The van der Waals surface area contributed by atoms with E-state index >= 15 is 0 Å². The van der Waals surface area contributed by atoms with Gasteiger partial charge in [0.2, 0.25) is 0 Å². The third kappa shape index (κ3) is 4.89. The van der Waals surface area contributed by atoms with Gasteiger partial charge >= 0.3 is 0 Å². The third-order valence-electron chi connectivity index (χ3n) is 5.07. The van der Waals surface area contributed by atoms with Crippen LogP contribution >= 0.6 is 0 Å². The lowest BCUT2D eigenvalue weighted by Crippen LogP contribution is -2.13. The summed E-state index contributed by atoms with van der Waals surface area (Å²) in [6.45, 7) is 5.40. The summed E-state index contributed by atoms with van der Waals surface area (Å²) in [4.78, 5) is 4.80. The van der Waals surface area contributed by atoms with Crippen LogP contribution in [0.15, 0.2) is 85.5 Å². The maximum atomic E-state index is 6.15. The Bertz CT molecular complexity index is 1150. The minimum Gasteiger partial charge on any atom is -0.497 e. The first-order chi connectivity index (χ1) is 15.3. The Kier molecular flexibility index (Phi) is 6.53. The van der Waals surface area contributed by atoms with E-state index in [9.17, 15) is 0 Å². The second-order valence-corrected chi connectivity index (χ2v) is 7.08. The number of hydrogen-bond acceptors (Lipinski definition) is 4. The van der Waals surface area contributed by atoms with Crippen molar-refractivity contribution in [2.45, 2.75) is 19.6 Å². The maximum Gasteiger partial charge on any atom is 0.148 e. The summed E-state index contributed by atoms with van der Waals surface area (Å²) >= 11 is 0. The van der Waals surface area contributed by atoms with Gasteiger partial charge in [-0.3, -0.25) is 0 Å². The first-order valence-electron chi connectivity index (χ1n) is 10.3. The Morgan fingerprint density at radius 1 is 0.903 bits per heavy atom. The van der Waals surface area contributed by atoms with Crippen LogP contribution in [-0.2, 0) is 19.6 Å². The molecular formula is C26H26N2O3. The van der Waals surface area contributed by atoms with E-state index in [1.54, 1.807) is 7.11 Å². The first kappa shape index (κ1) is 20.5. The molecule has 5 heteroatoms. The van der Waals surface area contributed by atoms with Crippen molar-refractivity contribution in [3.8, 4) is 17.2 Å². The van der Waals surface area contributed by atoms with E-state index in [0.29, 0.717) is 19.8 Å². The number of benzene rings is 3. The molecule has 0 aliphatic heterocycles. The van der Waals surface area contributed by atoms with Crippen molar-refractivity contribution in [1.29, 1.82) is 0 Å². The molecule has 4 rings (SSSR count). The van der Waals surface area contributed by atoms with E-state index in [4.69, 9.17) is 19.2 Å². The zero-order chi connectivity index (χ0) is 21.5. The van der Waals surface area contributed by atoms with Crippen LogP contribution in [0.4, 0.5) is 0 Å². The van der Waals surface area contributed by atoms with Crippen LogP contribution in [-0.4, -0.2) is 23.3 Å². The fourth-order valence-corrected chi connectivity index (χ4v) is 3.52. The number of aromatic nitrogens is 2. The summed E-state index contributed by atoms with van der Waals surface area (Å²) in [7, 11) is 1.65. The number of methoxy groups -OCH3 is 1. The molecule has 0 radical (unpaired) electrons. The van der Waals surface area contributed by atoms with Gasteiger partial charge in [0.15, 0.2) is 0 Å². The molecule has 0 saturated carbocycles. The van der Waals surface area contributed by atoms with E-state index in [-0.39, 0.29) is 0 Å². The SMILES string of the molecule is C=CCc1ccccc1OCc1nc2ccccc2n1CCOc1ccc(OC)cc1. The number of fused-ring (bicyclic) bond motifs is 1. The first-order valence-corrected chi connectivity index (χ1v) is 10.3. The van der Waals surface area contributed by atoms with Crippen molar-refractivity contribution < 1.29 is 14.2 Å². The van der Waals surface area contributed by atoms with Crippen LogP contribution in [0.1, 0.15) is 11.4 Å². The van der Waals surface area contributed by atoms with Crippen molar-refractivity contribution in [3.63, 3.8) is 0 Å². The fraction of sp³-hybridized carbons (Fsp3) is 0.192. The molecule has 158 valence electrons. The molecule has 0 saturated heterocycles. The highest BCUT2D eigenvalue weighted by molar-refractivity contribution is 5.75. The molecule has 31 heavy (non-hydrogen) atoms. The summed E-state index contributed by atoms with van der Waals surface area (Å²) in [6.07, 6.45) is 2.65. The lowest BCUT2D eigenvalue weighted by atomic mass is 10.1. The smallest absolute Gasteiger partial charge is 0.148 e. The highest BCUT2D eigenvalue weighted by Gasteiger charge is 2.12. The summed E-state index contributed by atoms with van der Waals surface area (Å²) in [5, 5.41) is 0. The largest absolute Gasteiger partial charge is 0.497 e. The van der Waals surface area contributed by atoms with Gasteiger partial charge in [0.25, 0.3) is 0 Å². The predicted octanol–water partition coefficient (Wildman–Crippen LogP) is 5.43. The molecule has 0 spiro atoms. The molecule has 1 heterocycles. The Balaban J connectivity index is 1.49. The van der Waals surface area contributed by atoms with Gasteiger partial charge in [-0.25, -0.2) is 4.98 Å². The van der Waals surface area contributed by atoms with Crippen LogP contribution in [0, 0.1) is 0 Å². The van der Waals surface area contributed by atoms with Gasteiger partial charge in [0.1, 0.15) is 36.3 Å². The van der Waals surface area contributed by atoms with Crippen LogP contribution < -0.4 is 14.2 Å². The molecule has 3 aromatic carbocycles. The second kappa shape index (κ2) is 9.85. The van der Waals surface area contributed by atoms with Crippen LogP contribution in [0.2, 0.25) is 0 Å². The van der Waals surface area contributed by atoms with Crippen LogP contribution in [0.5, 0.6) is 17.2 Å². The van der Waals surface area contributed by atoms with Gasteiger partial charge in [0.05, 0.1) is 24.7 Å². The maximum absolute atomic E-state index is 6.15. The fourth-order valence-electron chi connectivity index (χ4n) is 3.52. The minimum absolute atomic E-state index is 0.380. The number of imidazole rings is 1. The average Bonchev–Trinajstić information content (AvgIpc) is 3.17. The summed E-state index contributed by atoms with van der Waals surface area (Å²) in [5.74, 6) is 3.34. The number of ether oxygens (including phenoxy) is 3. The van der Waals surface area contributed by atoms with Crippen molar-refractivity contribution in [2.24, 2.45) is 0 Å². The molecule has 5 nitrogen and oxygen atoms in total. The molecule has 0 bridgehead atoms. The highest BCUT2D eigenvalue weighted by Crippen LogP contribution is 2.22. The highest BCUT2D eigenvalue weighted by atomic mass is 16.5. The monoisotopic (exact) mass is 414 g/mol. The molecule has 0 aliphatic carbocycles. The standard InChI is InChI=1S/C26H26N2O3/c1-3-8-20-9-4-7-12-25(20)31-19-26-27-23-10-5-6-11-24(23)28(26)17-18-30-22-15-13-21(29-2)14-16-22/h3-7,9-16H,1,8,17-19H2,2H3. The lowest BCUT2D eigenvalue weighted by Gasteiger charge is -2.13. The van der Waals surface area contributed by atoms with Gasteiger partial charge < -0.3 is 18.8 Å². The van der Waals surface area contributed by atoms with Gasteiger partial charge in [-0.1, -0.05) is 36.4 Å². The Labute approximate surface area is 182 Å². The Morgan fingerprint density at radius 2 is 1.65 bits per heavy atom. The molecule has 0 atom stereocenters.